The Labute approximate surface area is 144 Å². The summed E-state index contributed by atoms with van der Waals surface area (Å²) >= 11 is 0. The quantitative estimate of drug-likeness (QED) is 0.847. The third-order valence-corrected chi connectivity index (χ3v) is 4.20. The molecule has 0 bridgehead atoms. The summed E-state index contributed by atoms with van der Waals surface area (Å²) in [5, 5.41) is 14.3. The zero-order valence-electron chi connectivity index (χ0n) is 14.5. The predicted molar refractivity (Wildman–Crippen MR) is 89.8 cm³/mol. The van der Waals surface area contributed by atoms with Gasteiger partial charge >= 0.3 is 5.97 Å². The maximum Gasteiger partial charge on any atom is 0.355 e. The van der Waals surface area contributed by atoms with Gasteiger partial charge < -0.3 is 10.1 Å². The Morgan fingerprint density at radius 1 is 1.24 bits per heavy atom. The van der Waals surface area contributed by atoms with Crippen LogP contribution in [0.25, 0.3) is 0 Å². The van der Waals surface area contributed by atoms with Gasteiger partial charge in [-0.1, -0.05) is 43.2 Å². The lowest BCUT2D eigenvalue weighted by Crippen LogP contribution is -2.32. The summed E-state index contributed by atoms with van der Waals surface area (Å²) in [4.78, 5) is 24.5. The number of anilines is 1. The fourth-order valence-electron chi connectivity index (χ4n) is 2.89. The number of esters is 1. The van der Waals surface area contributed by atoms with Crippen molar-refractivity contribution in [2.24, 2.45) is 0 Å². The first-order valence-electron chi connectivity index (χ1n) is 7.92. The number of benzene rings is 1. The van der Waals surface area contributed by atoms with E-state index in [2.05, 4.69) is 34.7 Å². The van der Waals surface area contributed by atoms with E-state index in [4.69, 9.17) is 4.74 Å². The number of Topliss-reactive ketones (excluding diaryl/α,β-unsaturated/α-hetero) is 1. The fraction of sp³-hybridized carbons (Fsp3) is 0.353. The molecule has 25 heavy (non-hydrogen) atoms. The molecular weight excluding hydrogens is 322 g/mol. The molecule has 1 N–H and O–H groups in total. The minimum Gasteiger partial charge on any atom is -0.464 e. The number of hydrogen-bond acceptors (Lipinski definition) is 7. The summed E-state index contributed by atoms with van der Waals surface area (Å²) in [6, 6.07) is 7.26. The van der Waals surface area contributed by atoms with Gasteiger partial charge in [-0.3, -0.25) is 4.79 Å². The maximum absolute atomic E-state index is 12.3. The van der Waals surface area contributed by atoms with Crippen molar-refractivity contribution >= 4 is 17.7 Å². The van der Waals surface area contributed by atoms with Gasteiger partial charge in [0.25, 0.3) is 0 Å². The van der Waals surface area contributed by atoms with Crippen LogP contribution in [0.2, 0.25) is 0 Å². The summed E-state index contributed by atoms with van der Waals surface area (Å²) < 4.78 is 6.30. The van der Waals surface area contributed by atoms with Crippen LogP contribution in [0.15, 0.2) is 35.5 Å². The zero-order valence-corrected chi connectivity index (χ0v) is 14.5. The molecule has 1 aliphatic rings. The molecule has 0 unspecified atom stereocenters. The molecule has 0 fully saturated rings. The second-order valence-electron chi connectivity index (χ2n) is 6.13. The SMILES string of the molecule is COC(=O)C1=C(C(C)=O)[C@@H](c2ccc(C(C)C)cc2)n2nnnc2N1. The maximum atomic E-state index is 12.3. The van der Waals surface area contributed by atoms with Gasteiger partial charge in [0.2, 0.25) is 5.95 Å². The van der Waals surface area contributed by atoms with Crippen molar-refractivity contribution in [3.05, 3.63) is 46.7 Å². The van der Waals surface area contributed by atoms with Crippen molar-refractivity contribution in [2.45, 2.75) is 32.7 Å². The number of aromatic nitrogens is 4. The smallest absolute Gasteiger partial charge is 0.355 e. The molecular formula is C17H19N5O3. The number of carbonyl (C=O) groups excluding carboxylic acids is 2. The molecule has 0 amide bonds. The molecule has 8 nitrogen and oxygen atoms in total. The van der Waals surface area contributed by atoms with Crippen LogP contribution in [-0.4, -0.2) is 39.1 Å². The highest BCUT2D eigenvalue weighted by atomic mass is 16.5. The van der Waals surface area contributed by atoms with Crippen LogP contribution < -0.4 is 5.32 Å². The van der Waals surface area contributed by atoms with Crippen LogP contribution in [0.4, 0.5) is 5.95 Å². The Hall–Kier alpha value is -3.03. The van der Waals surface area contributed by atoms with Crippen LogP contribution in [0.5, 0.6) is 0 Å². The molecule has 1 aromatic carbocycles. The first kappa shape index (κ1) is 16.8. The highest BCUT2D eigenvalue weighted by molar-refractivity contribution is 6.05. The average Bonchev–Trinajstić information content (AvgIpc) is 3.07. The standard InChI is InChI=1S/C17H19N5O3/c1-9(2)11-5-7-12(8-6-11)15-13(10(3)23)14(16(24)25-4)18-17-19-20-21-22(15)17/h5-9,15H,1-4H3,(H,18,19,21)/t15-/m1/s1. The lowest BCUT2D eigenvalue weighted by molar-refractivity contribution is -0.136. The Morgan fingerprint density at radius 3 is 2.48 bits per heavy atom. The Kier molecular flexibility index (Phi) is 4.35. The molecule has 2 heterocycles. The van der Waals surface area contributed by atoms with Crippen LogP contribution in [-0.2, 0) is 14.3 Å². The molecule has 0 saturated heterocycles. The van der Waals surface area contributed by atoms with Gasteiger partial charge in [0.15, 0.2) is 5.78 Å². The zero-order chi connectivity index (χ0) is 18.1. The van der Waals surface area contributed by atoms with Crippen LogP contribution >= 0.6 is 0 Å². The van der Waals surface area contributed by atoms with E-state index in [0.717, 1.165) is 5.56 Å². The second kappa shape index (κ2) is 6.46. The molecule has 1 atom stereocenters. The number of nitrogens with zero attached hydrogens (tertiary/aromatic N) is 4. The first-order valence-corrected chi connectivity index (χ1v) is 7.92. The van der Waals surface area contributed by atoms with E-state index in [1.165, 1.54) is 24.3 Å². The number of hydrogen-bond donors (Lipinski definition) is 1. The topological polar surface area (TPSA) is 99.0 Å². The highest BCUT2D eigenvalue weighted by Gasteiger charge is 2.36. The van der Waals surface area contributed by atoms with Gasteiger partial charge in [-0.25, -0.2) is 4.79 Å². The lowest BCUT2D eigenvalue weighted by atomic mass is 9.91. The van der Waals surface area contributed by atoms with E-state index >= 15 is 0 Å². The van der Waals surface area contributed by atoms with Gasteiger partial charge in [-0.05, 0) is 34.4 Å². The summed E-state index contributed by atoms with van der Waals surface area (Å²) in [7, 11) is 1.26. The van der Waals surface area contributed by atoms with Gasteiger partial charge in [-0.2, -0.15) is 4.68 Å². The molecule has 0 saturated carbocycles. The molecule has 0 radical (unpaired) electrons. The largest absolute Gasteiger partial charge is 0.464 e. The fourth-order valence-corrected chi connectivity index (χ4v) is 2.89. The molecule has 0 aliphatic carbocycles. The number of tetrazole rings is 1. The molecule has 3 rings (SSSR count). The Morgan fingerprint density at radius 2 is 1.92 bits per heavy atom. The number of ether oxygens (including phenoxy) is 1. The minimum atomic E-state index is -0.636. The van der Waals surface area contributed by atoms with Crippen LogP contribution in [0.3, 0.4) is 0 Å². The number of allylic oxidation sites excluding steroid dienone is 1. The number of fused-ring (bicyclic) bond motifs is 1. The molecule has 1 aliphatic heterocycles. The summed E-state index contributed by atoms with van der Waals surface area (Å²) in [5.74, 6) is -0.224. The van der Waals surface area contributed by atoms with Crippen molar-refractivity contribution in [1.29, 1.82) is 0 Å². The third-order valence-electron chi connectivity index (χ3n) is 4.20. The van der Waals surface area contributed by atoms with Crippen molar-refractivity contribution in [1.82, 2.24) is 20.2 Å². The van der Waals surface area contributed by atoms with E-state index in [-0.39, 0.29) is 23.0 Å². The lowest BCUT2D eigenvalue weighted by Gasteiger charge is -2.27. The molecule has 0 spiro atoms. The normalized spacial score (nSPS) is 16.4. The number of rotatable bonds is 4. The number of ketones is 1. The highest BCUT2D eigenvalue weighted by Crippen LogP contribution is 2.35. The van der Waals surface area contributed by atoms with Crippen LogP contribution in [0.1, 0.15) is 43.9 Å². The number of methoxy groups -OCH3 is 1. The van der Waals surface area contributed by atoms with Gasteiger partial charge in [0, 0.05) is 0 Å². The Balaban J connectivity index is 2.18. The van der Waals surface area contributed by atoms with Crippen LogP contribution in [0, 0.1) is 0 Å². The molecule has 1 aromatic heterocycles. The number of carbonyl (C=O) groups is 2. The van der Waals surface area contributed by atoms with Gasteiger partial charge in [-0.15, -0.1) is 0 Å². The van der Waals surface area contributed by atoms with Gasteiger partial charge in [0.05, 0.1) is 12.7 Å². The van der Waals surface area contributed by atoms with Crippen molar-refractivity contribution < 1.29 is 14.3 Å². The third kappa shape index (κ3) is 2.90. The summed E-state index contributed by atoms with van der Waals surface area (Å²) in [6.07, 6.45) is 0. The van der Waals surface area contributed by atoms with E-state index in [0.29, 0.717) is 5.92 Å². The van der Waals surface area contributed by atoms with E-state index in [1.807, 2.05) is 24.3 Å². The Bertz CT molecular complexity index is 851. The van der Waals surface area contributed by atoms with Crippen molar-refractivity contribution in [3.63, 3.8) is 0 Å². The molecule has 2 aromatic rings. The average molecular weight is 341 g/mol. The number of nitrogens with one attached hydrogen (secondary N) is 1. The molecule has 130 valence electrons. The molecule has 8 heteroatoms. The summed E-state index contributed by atoms with van der Waals surface area (Å²) in [6.45, 7) is 5.62. The monoisotopic (exact) mass is 341 g/mol. The van der Waals surface area contributed by atoms with E-state index < -0.39 is 12.0 Å². The predicted octanol–water partition coefficient (Wildman–Crippen LogP) is 1.83. The summed E-state index contributed by atoms with van der Waals surface area (Å²) in [5.41, 5.74) is 2.32. The van der Waals surface area contributed by atoms with E-state index in [1.54, 1.807) is 0 Å². The second-order valence-corrected chi connectivity index (χ2v) is 6.13. The van der Waals surface area contributed by atoms with E-state index in [9.17, 15) is 9.59 Å². The first-order chi connectivity index (χ1) is 11.9. The van der Waals surface area contributed by atoms with Crippen molar-refractivity contribution in [2.75, 3.05) is 12.4 Å². The minimum absolute atomic E-state index is 0.0650. The van der Waals surface area contributed by atoms with Gasteiger partial charge in [0.1, 0.15) is 11.7 Å². The van der Waals surface area contributed by atoms with Crippen molar-refractivity contribution in [3.8, 4) is 0 Å².